The molecule has 0 unspecified atom stereocenters. The predicted octanol–water partition coefficient (Wildman–Crippen LogP) is 3.30. The number of rotatable bonds is 3. The number of carbonyl (C=O) groups excluding carboxylic acids is 1. The first-order valence-electron chi connectivity index (χ1n) is 9.44. The summed E-state index contributed by atoms with van der Waals surface area (Å²) in [6, 6.07) is 13.0. The van der Waals surface area contributed by atoms with Crippen LogP contribution in [-0.4, -0.2) is 25.1 Å². The van der Waals surface area contributed by atoms with Crippen molar-refractivity contribution in [1.29, 1.82) is 0 Å². The minimum atomic E-state index is -0.578. The highest BCUT2D eigenvalue weighted by molar-refractivity contribution is 5.95. The number of aromatic nitrogens is 4. The van der Waals surface area contributed by atoms with Gasteiger partial charge in [0.25, 0.3) is 5.56 Å². The Kier molecular flexibility index (Phi) is 3.95. The summed E-state index contributed by atoms with van der Waals surface area (Å²) in [6.45, 7) is 3.63. The second-order valence-corrected chi connectivity index (χ2v) is 7.26. The number of hydrogen-bond donors (Lipinski definition) is 0. The lowest BCUT2D eigenvalue weighted by Crippen LogP contribution is -2.20. The van der Waals surface area contributed by atoms with E-state index in [0.717, 1.165) is 16.5 Å². The summed E-state index contributed by atoms with van der Waals surface area (Å²) in [4.78, 5) is 25.3. The minimum Gasteiger partial charge on any atom is -0.452 e. The molecular formula is C22H18N4O4. The molecule has 0 radical (unpaired) electrons. The summed E-state index contributed by atoms with van der Waals surface area (Å²) < 4.78 is 14.3. The Bertz CT molecular complexity index is 1520. The second-order valence-electron chi connectivity index (χ2n) is 7.26. The molecule has 150 valence electrons. The summed E-state index contributed by atoms with van der Waals surface area (Å²) in [5, 5.41) is 9.68. The van der Waals surface area contributed by atoms with Crippen LogP contribution >= 0.6 is 0 Å². The number of nitrogens with zero attached hydrogens (tertiary/aromatic N) is 4. The van der Waals surface area contributed by atoms with Crippen LogP contribution in [0.2, 0.25) is 0 Å². The Balaban J connectivity index is 1.54. The second kappa shape index (κ2) is 6.55. The SMILES string of the molecule is Cc1ccc2c(c1)c(=O)n(C)c1nnc(COC(=O)c3oc4ccccc4c3C)n21. The standard InChI is InChI=1S/C22H18N4O4/c1-12-8-9-16-15(10-12)20(27)25(3)22-24-23-18(26(16)22)11-29-21(28)19-13(2)14-6-4-5-7-17(14)30-19/h4-10H,11H2,1-3H3. The van der Waals surface area contributed by atoms with Gasteiger partial charge in [0.05, 0.1) is 10.9 Å². The molecule has 5 aromatic rings. The average Bonchev–Trinajstić information content (AvgIpc) is 3.32. The molecule has 0 aliphatic carbocycles. The van der Waals surface area contributed by atoms with Crippen LogP contribution in [0.3, 0.4) is 0 Å². The minimum absolute atomic E-state index is 0.113. The molecule has 0 aliphatic rings. The number of ether oxygens (including phenoxy) is 1. The molecule has 0 bridgehead atoms. The highest BCUT2D eigenvalue weighted by Crippen LogP contribution is 2.25. The number of hydrogen-bond acceptors (Lipinski definition) is 6. The molecule has 30 heavy (non-hydrogen) atoms. The number of aryl methyl sites for hydroxylation is 3. The Hall–Kier alpha value is -3.94. The van der Waals surface area contributed by atoms with Gasteiger partial charge in [0.2, 0.25) is 11.5 Å². The van der Waals surface area contributed by atoms with E-state index in [9.17, 15) is 9.59 Å². The molecule has 0 saturated heterocycles. The highest BCUT2D eigenvalue weighted by Gasteiger charge is 2.21. The summed E-state index contributed by atoms with van der Waals surface area (Å²) in [7, 11) is 1.64. The van der Waals surface area contributed by atoms with E-state index < -0.39 is 5.97 Å². The number of furan rings is 1. The van der Waals surface area contributed by atoms with Gasteiger partial charge in [0, 0.05) is 18.0 Å². The Labute approximate surface area is 170 Å². The molecule has 2 aromatic carbocycles. The third-order valence-electron chi connectivity index (χ3n) is 5.30. The molecule has 0 aliphatic heterocycles. The molecule has 0 N–H and O–H groups in total. The lowest BCUT2D eigenvalue weighted by Gasteiger charge is -2.09. The molecule has 0 amide bonds. The highest BCUT2D eigenvalue weighted by atomic mass is 16.5. The molecule has 5 rings (SSSR count). The fourth-order valence-corrected chi connectivity index (χ4v) is 3.72. The first-order valence-corrected chi connectivity index (χ1v) is 9.44. The summed E-state index contributed by atoms with van der Waals surface area (Å²) in [5.41, 5.74) is 2.83. The molecule has 0 saturated carbocycles. The molecule has 0 spiro atoms. The normalized spacial score (nSPS) is 11.6. The van der Waals surface area contributed by atoms with E-state index in [1.165, 1.54) is 4.57 Å². The third-order valence-corrected chi connectivity index (χ3v) is 5.30. The largest absolute Gasteiger partial charge is 0.452 e. The van der Waals surface area contributed by atoms with Crippen molar-refractivity contribution >= 4 is 33.6 Å². The fourth-order valence-electron chi connectivity index (χ4n) is 3.72. The van der Waals surface area contributed by atoms with Crippen molar-refractivity contribution in [3.63, 3.8) is 0 Å². The van der Waals surface area contributed by atoms with Crippen LogP contribution in [0.25, 0.3) is 27.6 Å². The molecule has 3 heterocycles. The van der Waals surface area contributed by atoms with Gasteiger partial charge < -0.3 is 9.15 Å². The predicted molar refractivity (Wildman–Crippen MR) is 111 cm³/mol. The zero-order valence-electron chi connectivity index (χ0n) is 16.7. The Morgan fingerprint density at radius 1 is 1.10 bits per heavy atom. The quantitative estimate of drug-likeness (QED) is 0.430. The van der Waals surface area contributed by atoms with Crippen molar-refractivity contribution in [2.75, 3.05) is 0 Å². The molecule has 3 aromatic heterocycles. The molecule has 8 heteroatoms. The van der Waals surface area contributed by atoms with E-state index in [1.54, 1.807) is 17.5 Å². The van der Waals surface area contributed by atoms with Gasteiger partial charge in [-0.25, -0.2) is 4.79 Å². The van der Waals surface area contributed by atoms with Crippen LogP contribution in [-0.2, 0) is 18.4 Å². The van der Waals surface area contributed by atoms with Gasteiger partial charge in [-0.15, -0.1) is 10.2 Å². The first kappa shape index (κ1) is 18.1. The molecule has 8 nitrogen and oxygen atoms in total. The zero-order chi connectivity index (χ0) is 21.0. The van der Waals surface area contributed by atoms with E-state index in [-0.39, 0.29) is 17.9 Å². The van der Waals surface area contributed by atoms with Crippen LogP contribution in [0.5, 0.6) is 0 Å². The summed E-state index contributed by atoms with van der Waals surface area (Å²) in [6.07, 6.45) is 0. The maximum absolute atomic E-state index is 12.7. The van der Waals surface area contributed by atoms with Crippen molar-refractivity contribution in [3.05, 3.63) is 75.5 Å². The molecule has 0 fully saturated rings. The summed E-state index contributed by atoms with van der Waals surface area (Å²) >= 11 is 0. The maximum Gasteiger partial charge on any atom is 0.375 e. The van der Waals surface area contributed by atoms with Crippen molar-refractivity contribution in [1.82, 2.24) is 19.2 Å². The van der Waals surface area contributed by atoms with E-state index in [1.807, 2.05) is 50.2 Å². The van der Waals surface area contributed by atoms with Crippen LogP contribution in [0.1, 0.15) is 27.5 Å². The Morgan fingerprint density at radius 3 is 2.70 bits per heavy atom. The maximum atomic E-state index is 12.7. The van der Waals surface area contributed by atoms with Gasteiger partial charge >= 0.3 is 5.97 Å². The number of esters is 1. The van der Waals surface area contributed by atoms with Gasteiger partial charge in [-0.3, -0.25) is 13.8 Å². The van der Waals surface area contributed by atoms with E-state index >= 15 is 0 Å². The van der Waals surface area contributed by atoms with Gasteiger partial charge in [-0.2, -0.15) is 0 Å². The fraction of sp³-hybridized carbons (Fsp3) is 0.182. The smallest absolute Gasteiger partial charge is 0.375 e. The van der Waals surface area contributed by atoms with Crippen LogP contribution in [0.4, 0.5) is 0 Å². The van der Waals surface area contributed by atoms with Crippen LogP contribution in [0, 0.1) is 13.8 Å². The van der Waals surface area contributed by atoms with Gasteiger partial charge in [-0.05, 0) is 32.0 Å². The van der Waals surface area contributed by atoms with E-state index in [2.05, 4.69) is 10.2 Å². The van der Waals surface area contributed by atoms with Crippen molar-refractivity contribution in [2.24, 2.45) is 7.05 Å². The van der Waals surface area contributed by atoms with Gasteiger partial charge in [0.15, 0.2) is 12.4 Å². The van der Waals surface area contributed by atoms with Gasteiger partial charge in [0.1, 0.15) is 5.58 Å². The van der Waals surface area contributed by atoms with E-state index in [0.29, 0.717) is 28.1 Å². The van der Waals surface area contributed by atoms with Gasteiger partial charge in [-0.1, -0.05) is 29.8 Å². The van der Waals surface area contributed by atoms with Crippen molar-refractivity contribution < 1.29 is 13.9 Å². The third kappa shape index (κ3) is 2.61. The number of fused-ring (bicyclic) bond motifs is 4. The van der Waals surface area contributed by atoms with Crippen LogP contribution < -0.4 is 5.56 Å². The van der Waals surface area contributed by atoms with Crippen molar-refractivity contribution in [2.45, 2.75) is 20.5 Å². The van der Waals surface area contributed by atoms with E-state index in [4.69, 9.17) is 9.15 Å². The average molecular weight is 402 g/mol. The Morgan fingerprint density at radius 2 is 1.90 bits per heavy atom. The lowest BCUT2D eigenvalue weighted by molar-refractivity contribution is 0.0426. The number of para-hydroxylation sites is 1. The van der Waals surface area contributed by atoms with Crippen LogP contribution in [0.15, 0.2) is 51.7 Å². The molecule has 0 atom stereocenters. The number of benzene rings is 2. The zero-order valence-corrected chi connectivity index (χ0v) is 16.7. The monoisotopic (exact) mass is 402 g/mol. The lowest BCUT2D eigenvalue weighted by atomic mass is 10.1. The topological polar surface area (TPSA) is 91.6 Å². The first-order chi connectivity index (χ1) is 14.5. The van der Waals surface area contributed by atoms with Crippen molar-refractivity contribution in [3.8, 4) is 0 Å². The summed E-state index contributed by atoms with van der Waals surface area (Å²) in [5.74, 6) is 0.377. The molecular weight excluding hydrogens is 384 g/mol. The number of carbonyl (C=O) groups is 1.